The molecular weight excluding hydrogens is 471 g/mol. The molecule has 1 aliphatic rings. The number of halogens is 2. The molecule has 2 amide bonds. The maximum absolute atomic E-state index is 13.0. The standard InChI is InChI=1S/C21H22Cl2N6O2S/c1-12-17(13(2)29-20(24-12)25-21(26-29)32-3)11-18(30)27-4-6-28(7-5-27)19(31)14-8-15(22)10-16(23)9-14/h8-10H,4-7,11H2,1-3H3. The number of aryl methyl sites for hydroxylation is 2. The number of carbonyl (C=O) groups is 2. The van der Waals surface area contributed by atoms with Gasteiger partial charge in [-0.05, 0) is 38.3 Å². The van der Waals surface area contributed by atoms with Gasteiger partial charge in [0.05, 0.1) is 6.42 Å². The third kappa shape index (κ3) is 4.55. The number of aromatic nitrogens is 4. The number of rotatable bonds is 4. The largest absolute Gasteiger partial charge is 0.339 e. The minimum atomic E-state index is -0.140. The number of piperazine rings is 1. The molecule has 3 aromatic rings. The molecule has 0 unspecified atom stereocenters. The Morgan fingerprint density at radius 2 is 1.62 bits per heavy atom. The minimum absolute atomic E-state index is 0.000421. The third-order valence-electron chi connectivity index (χ3n) is 5.57. The molecule has 11 heteroatoms. The van der Waals surface area contributed by atoms with Crippen LogP contribution in [-0.2, 0) is 11.2 Å². The van der Waals surface area contributed by atoms with Crippen LogP contribution in [0.1, 0.15) is 27.3 Å². The van der Waals surface area contributed by atoms with Gasteiger partial charge >= 0.3 is 0 Å². The molecule has 168 valence electrons. The van der Waals surface area contributed by atoms with E-state index in [2.05, 4.69) is 15.1 Å². The number of carbonyl (C=O) groups excluding carboxylic acids is 2. The van der Waals surface area contributed by atoms with Crippen LogP contribution < -0.4 is 0 Å². The number of fused-ring (bicyclic) bond motifs is 1. The molecule has 0 saturated carbocycles. The summed E-state index contributed by atoms with van der Waals surface area (Å²) in [6.07, 6.45) is 2.14. The van der Waals surface area contributed by atoms with Crippen LogP contribution in [0.25, 0.3) is 5.78 Å². The number of thioether (sulfide) groups is 1. The maximum atomic E-state index is 13.0. The number of hydrogen-bond acceptors (Lipinski definition) is 6. The lowest BCUT2D eigenvalue weighted by Gasteiger charge is -2.35. The highest BCUT2D eigenvalue weighted by atomic mass is 35.5. The Hall–Kier alpha value is -2.36. The van der Waals surface area contributed by atoms with Gasteiger partial charge in [0.25, 0.3) is 11.7 Å². The number of benzene rings is 1. The van der Waals surface area contributed by atoms with Crippen molar-refractivity contribution in [2.24, 2.45) is 0 Å². The summed E-state index contributed by atoms with van der Waals surface area (Å²) in [5.74, 6) is 0.396. The maximum Gasteiger partial charge on any atom is 0.254 e. The summed E-state index contributed by atoms with van der Waals surface area (Å²) in [5, 5.41) is 5.92. The molecule has 1 aliphatic heterocycles. The van der Waals surface area contributed by atoms with Crippen LogP contribution in [0.2, 0.25) is 10.0 Å². The van der Waals surface area contributed by atoms with Crippen LogP contribution in [-0.4, -0.2) is 73.6 Å². The molecular formula is C21H22Cl2N6O2S. The van der Waals surface area contributed by atoms with Gasteiger partial charge in [-0.1, -0.05) is 35.0 Å². The Kier molecular flexibility index (Phi) is 6.60. The van der Waals surface area contributed by atoms with E-state index in [4.69, 9.17) is 23.2 Å². The van der Waals surface area contributed by atoms with Crippen LogP contribution in [0, 0.1) is 13.8 Å². The monoisotopic (exact) mass is 492 g/mol. The molecule has 1 aromatic carbocycles. The molecule has 1 saturated heterocycles. The number of amides is 2. The zero-order valence-electron chi connectivity index (χ0n) is 17.9. The van der Waals surface area contributed by atoms with Gasteiger partial charge in [-0.2, -0.15) is 4.98 Å². The Bertz CT molecular complexity index is 1190. The topological polar surface area (TPSA) is 83.7 Å². The molecule has 0 radical (unpaired) electrons. The van der Waals surface area contributed by atoms with Crippen molar-refractivity contribution in [3.63, 3.8) is 0 Å². The van der Waals surface area contributed by atoms with Gasteiger partial charge in [-0.25, -0.2) is 9.50 Å². The van der Waals surface area contributed by atoms with Crippen molar-refractivity contribution in [3.05, 3.63) is 50.8 Å². The Morgan fingerprint density at radius 1 is 1.00 bits per heavy atom. The van der Waals surface area contributed by atoms with Gasteiger partial charge in [-0.15, -0.1) is 5.10 Å². The quantitative estimate of drug-likeness (QED) is 0.519. The fourth-order valence-electron chi connectivity index (χ4n) is 3.81. The van der Waals surface area contributed by atoms with Crippen molar-refractivity contribution in [3.8, 4) is 0 Å². The smallest absolute Gasteiger partial charge is 0.254 e. The van der Waals surface area contributed by atoms with Crippen molar-refractivity contribution < 1.29 is 9.59 Å². The van der Waals surface area contributed by atoms with Crippen molar-refractivity contribution >= 4 is 52.6 Å². The zero-order chi connectivity index (χ0) is 23.0. The van der Waals surface area contributed by atoms with Crippen LogP contribution in [0.5, 0.6) is 0 Å². The van der Waals surface area contributed by atoms with Gasteiger partial charge in [0, 0.05) is 58.7 Å². The van der Waals surface area contributed by atoms with Gasteiger partial charge in [0.2, 0.25) is 11.1 Å². The van der Waals surface area contributed by atoms with Crippen molar-refractivity contribution in [1.82, 2.24) is 29.4 Å². The molecule has 1 fully saturated rings. The summed E-state index contributed by atoms with van der Waals surface area (Å²) >= 11 is 13.5. The normalized spacial score (nSPS) is 14.3. The molecule has 4 rings (SSSR count). The van der Waals surface area contributed by atoms with E-state index in [1.165, 1.54) is 11.8 Å². The van der Waals surface area contributed by atoms with E-state index >= 15 is 0 Å². The van der Waals surface area contributed by atoms with E-state index < -0.39 is 0 Å². The number of nitrogens with zero attached hydrogens (tertiary/aromatic N) is 6. The predicted molar refractivity (Wildman–Crippen MR) is 125 cm³/mol. The van der Waals surface area contributed by atoms with Crippen molar-refractivity contribution in [2.45, 2.75) is 25.4 Å². The Labute approximate surface area is 199 Å². The zero-order valence-corrected chi connectivity index (χ0v) is 20.3. The summed E-state index contributed by atoms with van der Waals surface area (Å²) in [5.41, 5.74) is 2.94. The van der Waals surface area contributed by atoms with Gasteiger partial charge in [0.1, 0.15) is 0 Å². The number of hydrogen-bond donors (Lipinski definition) is 0. The van der Waals surface area contributed by atoms with E-state index in [0.717, 1.165) is 17.0 Å². The van der Waals surface area contributed by atoms with E-state index in [1.54, 1.807) is 32.5 Å². The second kappa shape index (κ2) is 9.25. The first-order chi connectivity index (χ1) is 15.3. The van der Waals surface area contributed by atoms with Crippen molar-refractivity contribution in [1.29, 1.82) is 0 Å². The van der Waals surface area contributed by atoms with E-state index in [1.807, 2.05) is 20.1 Å². The average molecular weight is 493 g/mol. The summed E-state index contributed by atoms with van der Waals surface area (Å²) in [4.78, 5) is 38.2. The van der Waals surface area contributed by atoms with Crippen molar-refractivity contribution in [2.75, 3.05) is 32.4 Å². The highest BCUT2D eigenvalue weighted by Crippen LogP contribution is 2.21. The molecule has 0 N–H and O–H groups in total. The lowest BCUT2D eigenvalue weighted by molar-refractivity contribution is -0.131. The Balaban J connectivity index is 1.43. The van der Waals surface area contributed by atoms with Crippen LogP contribution in [0.15, 0.2) is 23.4 Å². The average Bonchev–Trinajstić information content (AvgIpc) is 3.18. The summed E-state index contributed by atoms with van der Waals surface area (Å²) in [6, 6.07) is 4.80. The first-order valence-electron chi connectivity index (χ1n) is 10.1. The fraction of sp³-hybridized carbons (Fsp3) is 0.381. The second-order valence-corrected chi connectivity index (χ2v) is 9.23. The highest BCUT2D eigenvalue weighted by molar-refractivity contribution is 7.98. The van der Waals surface area contributed by atoms with E-state index in [0.29, 0.717) is 52.7 Å². The molecule has 0 bridgehead atoms. The van der Waals surface area contributed by atoms with Gasteiger partial charge in [-0.3, -0.25) is 9.59 Å². The van der Waals surface area contributed by atoms with E-state index in [-0.39, 0.29) is 18.2 Å². The van der Waals surface area contributed by atoms with Crippen LogP contribution in [0.3, 0.4) is 0 Å². The second-order valence-electron chi connectivity index (χ2n) is 7.58. The summed E-state index contributed by atoms with van der Waals surface area (Å²) in [6.45, 7) is 5.64. The lowest BCUT2D eigenvalue weighted by atomic mass is 10.1. The van der Waals surface area contributed by atoms with E-state index in [9.17, 15) is 9.59 Å². The summed E-state index contributed by atoms with van der Waals surface area (Å²) < 4.78 is 1.69. The molecule has 0 aliphatic carbocycles. The fourth-order valence-corrected chi connectivity index (χ4v) is 4.68. The predicted octanol–water partition coefficient (Wildman–Crippen LogP) is 3.30. The molecule has 3 heterocycles. The highest BCUT2D eigenvalue weighted by Gasteiger charge is 2.26. The molecule has 8 nitrogen and oxygen atoms in total. The van der Waals surface area contributed by atoms with Crippen LogP contribution >= 0.6 is 35.0 Å². The SMILES string of the molecule is CSc1nc2nc(C)c(CC(=O)N3CCN(C(=O)c4cc(Cl)cc(Cl)c4)CC3)c(C)n2n1. The third-order valence-corrected chi connectivity index (χ3v) is 6.54. The molecule has 0 spiro atoms. The molecule has 32 heavy (non-hydrogen) atoms. The van der Waals surface area contributed by atoms with Gasteiger partial charge in [0.15, 0.2) is 0 Å². The minimum Gasteiger partial charge on any atom is -0.339 e. The first kappa shape index (κ1) is 22.8. The lowest BCUT2D eigenvalue weighted by Crippen LogP contribution is -2.51. The Morgan fingerprint density at radius 3 is 2.25 bits per heavy atom. The molecule has 0 atom stereocenters. The summed E-state index contributed by atoms with van der Waals surface area (Å²) in [7, 11) is 0. The van der Waals surface area contributed by atoms with Gasteiger partial charge < -0.3 is 9.80 Å². The first-order valence-corrected chi connectivity index (χ1v) is 12.0. The molecule has 2 aromatic heterocycles. The van der Waals surface area contributed by atoms with Crippen LogP contribution in [0.4, 0.5) is 0 Å².